The maximum Gasteiger partial charge on any atom is 0.246 e. The van der Waals surface area contributed by atoms with Crippen LogP contribution in [-0.4, -0.2) is 40.8 Å². The minimum absolute atomic E-state index is 0.0719. The van der Waals surface area contributed by atoms with Crippen LogP contribution in [0.2, 0.25) is 5.02 Å². The van der Waals surface area contributed by atoms with E-state index in [0.717, 1.165) is 22.7 Å². The molecule has 24 heavy (non-hydrogen) atoms. The van der Waals surface area contributed by atoms with E-state index in [1.54, 1.807) is 42.3 Å². The molecule has 2 aromatic rings. The molecule has 0 aliphatic heterocycles. The Bertz CT molecular complexity index is 735. The van der Waals surface area contributed by atoms with Crippen molar-refractivity contribution in [2.24, 2.45) is 7.05 Å². The molecular weight excluding hydrogens is 326 g/mol. The summed E-state index contributed by atoms with van der Waals surface area (Å²) in [4.78, 5) is 13.8. The van der Waals surface area contributed by atoms with Gasteiger partial charge in [-0.05, 0) is 44.2 Å². The number of halogens is 1. The van der Waals surface area contributed by atoms with Gasteiger partial charge in [0.05, 0.1) is 12.2 Å². The number of aromatic nitrogens is 2. The van der Waals surface area contributed by atoms with E-state index >= 15 is 0 Å². The Labute approximate surface area is 147 Å². The summed E-state index contributed by atoms with van der Waals surface area (Å²) in [6, 6.07) is 7.15. The van der Waals surface area contributed by atoms with Gasteiger partial charge in [-0.1, -0.05) is 11.6 Å². The molecule has 1 aromatic carbocycles. The van der Waals surface area contributed by atoms with Crippen LogP contribution >= 0.6 is 11.6 Å². The highest BCUT2D eigenvalue weighted by Crippen LogP contribution is 2.15. The molecule has 1 amide bonds. The Hall–Kier alpha value is -2.27. The average molecular weight is 348 g/mol. The van der Waals surface area contributed by atoms with Crippen LogP contribution < -0.4 is 4.74 Å². The molecule has 6 heteroatoms. The Balaban J connectivity index is 1.85. The van der Waals surface area contributed by atoms with Crippen LogP contribution in [0.15, 0.2) is 30.3 Å². The molecular formula is C18H22ClN3O2. The van der Waals surface area contributed by atoms with E-state index in [0.29, 0.717) is 18.2 Å². The van der Waals surface area contributed by atoms with Crippen molar-refractivity contribution in [3.05, 3.63) is 52.3 Å². The fourth-order valence-electron chi connectivity index (χ4n) is 2.25. The summed E-state index contributed by atoms with van der Waals surface area (Å²) in [6.07, 6.45) is 3.38. The standard InChI is InChI=1S/C18H22ClN3O2/c1-13-17(14(2)22(4)20-13)9-10-18(23)21(3)11-12-24-16-7-5-15(19)6-8-16/h5-10H,11-12H2,1-4H3/b10-9+. The molecule has 0 radical (unpaired) electrons. The molecule has 2 rings (SSSR count). The minimum atomic E-state index is -0.0719. The number of carbonyl (C=O) groups is 1. The number of hydrogen-bond acceptors (Lipinski definition) is 3. The van der Waals surface area contributed by atoms with Crippen molar-refractivity contribution in [2.75, 3.05) is 20.2 Å². The summed E-state index contributed by atoms with van der Waals surface area (Å²) in [6.45, 7) is 4.83. The van der Waals surface area contributed by atoms with Gasteiger partial charge in [-0.25, -0.2) is 0 Å². The summed E-state index contributed by atoms with van der Waals surface area (Å²) in [5, 5.41) is 5.00. The number of aryl methyl sites for hydroxylation is 2. The predicted octanol–water partition coefficient (Wildman–Crippen LogP) is 3.24. The largest absolute Gasteiger partial charge is 0.492 e. The lowest BCUT2D eigenvalue weighted by atomic mass is 10.2. The lowest BCUT2D eigenvalue weighted by Crippen LogP contribution is -2.29. The monoisotopic (exact) mass is 347 g/mol. The average Bonchev–Trinajstić information content (AvgIpc) is 2.79. The van der Waals surface area contributed by atoms with Crippen molar-refractivity contribution >= 4 is 23.6 Å². The van der Waals surface area contributed by atoms with Crippen molar-refractivity contribution in [3.63, 3.8) is 0 Å². The van der Waals surface area contributed by atoms with Crippen LogP contribution in [0.25, 0.3) is 6.08 Å². The number of benzene rings is 1. The van der Waals surface area contributed by atoms with Crippen LogP contribution in [0.4, 0.5) is 0 Å². The minimum Gasteiger partial charge on any atom is -0.492 e. The molecule has 0 fully saturated rings. The van der Waals surface area contributed by atoms with Crippen LogP contribution in [0.3, 0.4) is 0 Å². The van der Waals surface area contributed by atoms with Crippen molar-refractivity contribution in [1.82, 2.24) is 14.7 Å². The van der Waals surface area contributed by atoms with Gasteiger partial charge >= 0.3 is 0 Å². The summed E-state index contributed by atoms with van der Waals surface area (Å²) >= 11 is 5.82. The van der Waals surface area contributed by atoms with Crippen molar-refractivity contribution in [2.45, 2.75) is 13.8 Å². The fourth-order valence-corrected chi connectivity index (χ4v) is 2.38. The van der Waals surface area contributed by atoms with Crippen LogP contribution in [-0.2, 0) is 11.8 Å². The number of carbonyl (C=O) groups excluding carboxylic acids is 1. The van der Waals surface area contributed by atoms with E-state index in [1.807, 2.05) is 31.7 Å². The second-order valence-electron chi connectivity index (χ2n) is 5.60. The maximum atomic E-state index is 12.2. The Morgan fingerprint density at radius 1 is 1.33 bits per heavy atom. The second kappa shape index (κ2) is 8.02. The van der Waals surface area contributed by atoms with E-state index in [1.165, 1.54) is 0 Å². The van der Waals surface area contributed by atoms with E-state index in [2.05, 4.69) is 5.10 Å². The zero-order valence-electron chi connectivity index (χ0n) is 14.4. The third-order valence-electron chi connectivity index (χ3n) is 3.84. The Kier molecular flexibility index (Phi) is 6.04. The summed E-state index contributed by atoms with van der Waals surface area (Å²) < 4.78 is 7.40. The normalized spacial score (nSPS) is 11.0. The van der Waals surface area contributed by atoms with Crippen molar-refractivity contribution in [1.29, 1.82) is 0 Å². The van der Waals surface area contributed by atoms with Gasteiger partial charge in [-0.15, -0.1) is 0 Å². The lowest BCUT2D eigenvalue weighted by molar-refractivity contribution is -0.125. The SMILES string of the molecule is Cc1nn(C)c(C)c1/C=C/C(=O)N(C)CCOc1ccc(Cl)cc1. The van der Waals surface area contributed by atoms with Crippen LogP contribution in [0.5, 0.6) is 5.75 Å². The van der Waals surface area contributed by atoms with Gasteiger partial charge < -0.3 is 9.64 Å². The number of ether oxygens (including phenoxy) is 1. The molecule has 1 heterocycles. The van der Waals surface area contributed by atoms with Crippen LogP contribution in [0, 0.1) is 13.8 Å². The molecule has 0 bridgehead atoms. The van der Waals surface area contributed by atoms with E-state index in [4.69, 9.17) is 16.3 Å². The highest BCUT2D eigenvalue weighted by Gasteiger charge is 2.09. The van der Waals surface area contributed by atoms with E-state index in [9.17, 15) is 4.79 Å². The van der Waals surface area contributed by atoms with Gasteiger partial charge in [0.1, 0.15) is 12.4 Å². The first-order chi connectivity index (χ1) is 11.4. The predicted molar refractivity (Wildman–Crippen MR) is 96.3 cm³/mol. The molecule has 0 atom stereocenters. The molecule has 128 valence electrons. The summed E-state index contributed by atoms with van der Waals surface area (Å²) in [5.74, 6) is 0.662. The smallest absolute Gasteiger partial charge is 0.246 e. The molecule has 5 nitrogen and oxygen atoms in total. The number of rotatable bonds is 6. The number of amides is 1. The first-order valence-electron chi connectivity index (χ1n) is 7.70. The lowest BCUT2D eigenvalue weighted by Gasteiger charge is -2.15. The molecule has 0 N–H and O–H groups in total. The first kappa shape index (κ1) is 18.1. The van der Waals surface area contributed by atoms with Crippen LogP contribution in [0.1, 0.15) is 17.0 Å². The maximum absolute atomic E-state index is 12.2. The summed E-state index contributed by atoms with van der Waals surface area (Å²) in [5.41, 5.74) is 2.93. The molecule has 1 aromatic heterocycles. The van der Waals surface area contributed by atoms with Gasteiger partial charge in [0.2, 0.25) is 5.91 Å². The van der Waals surface area contributed by atoms with Gasteiger partial charge in [-0.2, -0.15) is 5.10 Å². The molecule has 0 aliphatic carbocycles. The van der Waals surface area contributed by atoms with Crippen molar-refractivity contribution in [3.8, 4) is 5.75 Å². The number of nitrogens with zero attached hydrogens (tertiary/aromatic N) is 3. The number of likely N-dealkylation sites (N-methyl/N-ethyl adjacent to an activating group) is 1. The molecule has 0 aliphatic rings. The third-order valence-corrected chi connectivity index (χ3v) is 4.09. The molecule has 0 saturated heterocycles. The zero-order valence-corrected chi connectivity index (χ0v) is 15.2. The van der Waals surface area contributed by atoms with Gasteiger partial charge in [0.15, 0.2) is 0 Å². The van der Waals surface area contributed by atoms with E-state index < -0.39 is 0 Å². The quantitative estimate of drug-likeness (QED) is 0.754. The fraction of sp³-hybridized carbons (Fsp3) is 0.333. The third kappa shape index (κ3) is 4.61. The molecule has 0 unspecified atom stereocenters. The van der Waals surface area contributed by atoms with E-state index in [-0.39, 0.29) is 5.91 Å². The number of hydrogen-bond donors (Lipinski definition) is 0. The highest BCUT2D eigenvalue weighted by atomic mass is 35.5. The van der Waals surface area contributed by atoms with Gasteiger partial charge in [0, 0.05) is 36.5 Å². The highest BCUT2D eigenvalue weighted by molar-refractivity contribution is 6.30. The van der Waals surface area contributed by atoms with Gasteiger partial charge in [-0.3, -0.25) is 9.48 Å². The Morgan fingerprint density at radius 2 is 2.00 bits per heavy atom. The molecule has 0 spiro atoms. The zero-order chi connectivity index (χ0) is 17.7. The topological polar surface area (TPSA) is 47.4 Å². The van der Waals surface area contributed by atoms with Crippen molar-refractivity contribution < 1.29 is 9.53 Å². The second-order valence-corrected chi connectivity index (χ2v) is 6.04. The summed E-state index contributed by atoms with van der Waals surface area (Å²) in [7, 11) is 3.64. The first-order valence-corrected chi connectivity index (χ1v) is 8.08. The van der Waals surface area contributed by atoms with Gasteiger partial charge in [0.25, 0.3) is 0 Å². The molecule has 0 saturated carbocycles. The Morgan fingerprint density at radius 3 is 2.58 bits per heavy atom.